The smallest absolute Gasteiger partial charge is 0.256 e. The van der Waals surface area contributed by atoms with Crippen LogP contribution in [0.5, 0.6) is 0 Å². The van der Waals surface area contributed by atoms with Gasteiger partial charge in [-0.3, -0.25) is 4.79 Å². The summed E-state index contributed by atoms with van der Waals surface area (Å²) in [4.78, 5) is 16.2. The van der Waals surface area contributed by atoms with Gasteiger partial charge in [-0.25, -0.2) is 4.98 Å². The molecule has 0 saturated carbocycles. The van der Waals surface area contributed by atoms with Gasteiger partial charge in [0.2, 0.25) is 0 Å². The summed E-state index contributed by atoms with van der Waals surface area (Å²) < 4.78 is 1.99. The second-order valence-corrected chi connectivity index (χ2v) is 7.38. The van der Waals surface area contributed by atoms with Gasteiger partial charge in [-0.05, 0) is 36.2 Å². The molecule has 2 aromatic heterocycles. The minimum Gasteiger partial charge on any atom is -0.372 e. The zero-order chi connectivity index (χ0) is 16.6. The van der Waals surface area contributed by atoms with Crippen LogP contribution in [0.2, 0.25) is 0 Å². The minimum atomic E-state index is -0.382. The summed E-state index contributed by atoms with van der Waals surface area (Å²) in [5.41, 5.74) is 8.89. The van der Waals surface area contributed by atoms with E-state index in [-0.39, 0.29) is 10.8 Å². The Hall–Kier alpha value is -2.25. The van der Waals surface area contributed by atoms with Crippen LogP contribution in [0.15, 0.2) is 53.5 Å². The Morgan fingerprint density at radius 2 is 2.38 bits per heavy atom. The third-order valence-electron chi connectivity index (χ3n) is 4.46. The number of rotatable bonds is 4. The number of aromatic nitrogens is 2. The number of thioether (sulfide) groups is 1. The molecule has 7 heteroatoms. The number of primary amides is 1. The summed E-state index contributed by atoms with van der Waals surface area (Å²) in [5, 5.41) is 6.78. The van der Waals surface area contributed by atoms with Crippen LogP contribution < -0.4 is 16.4 Å². The van der Waals surface area contributed by atoms with Crippen LogP contribution in [0.25, 0.3) is 5.65 Å². The van der Waals surface area contributed by atoms with Gasteiger partial charge in [0.15, 0.2) is 0 Å². The number of pyridine rings is 1. The molecular formula is C17H19N5OS. The molecule has 6 nitrogen and oxygen atoms in total. The fraction of sp³-hybridized carbons (Fsp3) is 0.294. The first-order valence-corrected chi connectivity index (χ1v) is 8.76. The number of nitrogens with two attached hydrogens (primary N) is 1. The average molecular weight is 341 g/mol. The first-order chi connectivity index (χ1) is 11.7. The van der Waals surface area contributed by atoms with Crippen molar-refractivity contribution >= 4 is 23.3 Å². The predicted molar refractivity (Wildman–Crippen MR) is 95.2 cm³/mol. The van der Waals surface area contributed by atoms with Crippen LogP contribution in [0.4, 0.5) is 0 Å². The quantitative estimate of drug-likeness (QED) is 0.727. The topological polar surface area (TPSA) is 84.5 Å². The molecule has 2 aliphatic heterocycles. The maximum Gasteiger partial charge on any atom is 0.256 e. The molecule has 1 amide bonds. The molecule has 0 spiro atoms. The maximum atomic E-state index is 11.6. The fourth-order valence-corrected chi connectivity index (χ4v) is 4.52. The third-order valence-corrected chi connectivity index (χ3v) is 5.87. The van der Waals surface area contributed by atoms with Crippen molar-refractivity contribution in [3.63, 3.8) is 0 Å². The molecule has 4 rings (SSSR count). The number of carbonyl (C=O) groups excluding carboxylic acids is 1. The summed E-state index contributed by atoms with van der Waals surface area (Å²) in [6.07, 6.45) is 11.4. The van der Waals surface area contributed by atoms with Crippen LogP contribution in [0.1, 0.15) is 12.0 Å². The Bertz CT molecular complexity index is 856. The van der Waals surface area contributed by atoms with Gasteiger partial charge in [-0.15, -0.1) is 0 Å². The first-order valence-electron chi connectivity index (χ1n) is 7.95. The van der Waals surface area contributed by atoms with E-state index in [1.807, 2.05) is 16.8 Å². The van der Waals surface area contributed by atoms with E-state index in [9.17, 15) is 4.79 Å². The van der Waals surface area contributed by atoms with Crippen LogP contribution in [-0.4, -0.2) is 33.3 Å². The number of imidazole rings is 1. The number of hydrogen-bond acceptors (Lipinski definition) is 5. The highest BCUT2D eigenvalue weighted by Gasteiger charge is 2.40. The highest BCUT2D eigenvalue weighted by molar-refractivity contribution is 8.05. The van der Waals surface area contributed by atoms with E-state index in [2.05, 4.69) is 33.8 Å². The molecule has 0 saturated heterocycles. The van der Waals surface area contributed by atoms with Crippen molar-refractivity contribution in [2.45, 2.75) is 17.7 Å². The van der Waals surface area contributed by atoms with Crippen LogP contribution in [0, 0.1) is 0 Å². The van der Waals surface area contributed by atoms with Crippen molar-refractivity contribution in [3.8, 4) is 0 Å². The molecule has 2 aliphatic rings. The van der Waals surface area contributed by atoms with E-state index in [0.717, 1.165) is 31.6 Å². The Kier molecular flexibility index (Phi) is 3.82. The molecule has 0 bridgehead atoms. The Morgan fingerprint density at radius 3 is 3.12 bits per heavy atom. The highest BCUT2D eigenvalue weighted by Crippen LogP contribution is 2.44. The molecule has 0 fully saturated rings. The number of nitrogens with zero attached hydrogens (tertiary/aromatic N) is 2. The van der Waals surface area contributed by atoms with Crippen molar-refractivity contribution in [3.05, 3.63) is 59.0 Å². The summed E-state index contributed by atoms with van der Waals surface area (Å²) in [5.74, 6) is -0.382. The van der Waals surface area contributed by atoms with Crippen LogP contribution >= 0.6 is 11.8 Å². The fourth-order valence-electron chi connectivity index (χ4n) is 3.25. The van der Waals surface area contributed by atoms with Crippen molar-refractivity contribution in [1.82, 2.24) is 20.0 Å². The molecule has 4 N–H and O–H groups in total. The van der Waals surface area contributed by atoms with Gasteiger partial charge in [0.25, 0.3) is 5.91 Å². The molecule has 24 heavy (non-hydrogen) atoms. The minimum absolute atomic E-state index is 0.350. The molecule has 0 aromatic carbocycles. The zero-order valence-corrected chi connectivity index (χ0v) is 14.0. The molecule has 4 heterocycles. The number of carbonyl (C=O) groups is 1. The molecule has 0 radical (unpaired) electrons. The van der Waals surface area contributed by atoms with E-state index in [0.29, 0.717) is 4.91 Å². The first kappa shape index (κ1) is 15.3. The molecule has 0 aliphatic carbocycles. The second kappa shape index (κ2) is 5.99. The number of nitrogens with one attached hydrogen (secondary N) is 2. The summed E-state index contributed by atoms with van der Waals surface area (Å²) in [7, 11) is 0. The number of fused-ring (bicyclic) bond motifs is 1. The normalized spacial score (nSPS) is 23.7. The zero-order valence-electron chi connectivity index (χ0n) is 13.2. The lowest BCUT2D eigenvalue weighted by Crippen LogP contribution is -2.43. The number of hydrogen-bond donors (Lipinski definition) is 3. The average Bonchev–Trinajstić information content (AvgIpc) is 3.23. The van der Waals surface area contributed by atoms with E-state index in [4.69, 9.17) is 5.73 Å². The Balaban J connectivity index is 1.68. The van der Waals surface area contributed by atoms with E-state index in [1.54, 1.807) is 12.4 Å². The van der Waals surface area contributed by atoms with Gasteiger partial charge >= 0.3 is 0 Å². The lowest BCUT2D eigenvalue weighted by molar-refractivity contribution is -0.113. The summed E-state index contributed by atoms with van der Waals surface area (Å²) >= 11 is 1.53. The lowest BCUT2D eigenvalue weighted by Gasteiger charge is -2.34. The third kappa shape index (κ3) is 2.70. The standard InChI is InChI=1S/C17H19N5OS/c18-16(23)14-11-21-17(24-14,13-1-4-19-5-2-13)10-12-3-7-22-8-6-20-15(22)9-12/h1,3,6-9,11,19,21H,2,4-5,10H2,(H2,18,23). The van der Waals surface area contributed by atoms with Gasteiger partial charge in [-0.1, -0.05) is 17.8 Å². The van der Waals surface area contributed by atoms with Gasteiger partial charge in [0.1, 0.15) is 10.5 Å². The largest absolute Gasteiger partial charge is 0.372 e. The van der Waals surface area contributed by atoms with Gasteiger partial charge < -0.3 is 20.8 Å². The highest BCUT2D eigenvalue weighted by atomic mass is 32.2. The Labute approximate surface area is 144 Å². The van der Waals surface area contributed by atoms with Crippen molar-refractivity contribution in [2.75, 3.05) is 13.1 Å². The molecule has 1 atom stereocenters. The van der Waals surface area contributed by atoms with Crippen molar-refractivity contribution in [1.29, 1.82) is 0 Å². The van der Waals surface area contributed by atoms with Crippen molar-refractivity contribution < 1.29 is 4.79 Å². The SMILES string of the molecule is NC(=O)C1=CNC(Cc2ccn3ccnc3c2)(C2=CCNCC2)S1. The Morgan fingerprint density at radius 1 is 1.46 bits per heavy atom. The van der Waals surface area contributed by atoms with Gasteiger partial charge in [0.05, 0.1) is 4.91 Å². The molecule has 124 valence electrons. The van der Waals surface area contributed by atoms with Gasteiger partial charge in [-0.2, -0.15) is 0 Å². The van der Waals surface area contributed by atoms with Crippen LogP contribution in [0.3, 0.4) is 0 Å². The number of amides is 1. The van der Waals surface area contributed by atoms with E-state index < -0.39 is 0 Å². The van der Waals surface area contributed by atoms with Crippen molar-refractivity contribution in [2.24, 2.45) is 5.73 Å². The molecular weight excluding hydrogens is 322 g/mol. The van der Waals surface area contributed by atoms with Crippen LogP contribution in [-0.2, 0) is 11.2 Å². The van der Waals surface area contributed by atoms with E-state index in [1.165, 1.54) is 22.9 Å². The van der Waals surface area contributed by atoms with E-state index >= 15 is 0 Å². The second-order valence-electron chi connectivity index (χ2n) is 6.03. The monoisotopic (exact) mass is 341 g/mol. The summed E-state index contributed by atoms with van der Waals surface area (Å²) in [6, 6.07) is 4.19. The molecule has 2 aromatic rings. The summed E-state index contributed by atoms with van der Waals surface area (Å²) in [6.45, 7) is 1.80. The maximum absolute atomic E-state index is 11.6. The van der Waals surface area contributed by atoms with Gasteiger partial charge in [0, 0.05) is 37.8 Å². The molecule has 1 unspecified atom stereocenters. The predicted octanol–water partition coefficient (Wildman–Crippen LogP) is 1.16. The lowest BCUT2D eigenvalue weighted by atomic mass is 9.94.